The molecule has 1 N–H and O–H groups in total. The van der Waals surface area contributed by atoms with Gasteiger partial charge < -0.3 is 9.84 Å². The van der Waals surface area contributed by atoms with Crippen LogP contribution in [0.4, 0.5) is 26.3 Å². The Hall–Kier alpha value is -4.36. The first-order chi connectivity index (χ1) is 22.2. The molecule has 0 amide bonds. The second-order valence-corrected chi connectivity index (χ2v) is 12.9. The van der Waals surface area contributed by atoms with E-state index in [1.165, 1.54) is 47.4 Å². The van der Waals surface area contributed by atoms with Crippen LogP contribution in [0.5, 0.6) is 5.75 Å². The first-order valence-corrected chi connectivity index (χ1v) is 15.8. The summed E-state index contributed by atoms with van der Waals surface area (Å²) in [5, 5.41) is 9.32. The molecule has 0 aliphatic carbocycles. The van der Waals surface area contributed by atoms with E-state index in [4.69, 9.17) is 9.84 Å². The SMILES string of the molecule is Cc1cc(SC(Cc2ccc(-c3ccc(C(F)(F)F)cc3)nc2)c2sc(-c3ccc(C(F)(F)F)cc3)nc2C)ccc1OCC(=O)O. The van der Waals surface area contributed by atoms with Gasteiger partial charge in [0.1, 0.15) is 10.8 Å². The second kappa shape index (κ2) is 13.8. The minimum atomic E-state index is -4.45. The molecule has 2 aromatic heterocycles. The fourth-order valence-electron chi connectivity index (χ4n) is 4.74. The minimum absolute atomic E-state index is 0.209. The topological polar surface area (TPSA) is 72.3 Å². The highest BCUT2D eigenvalue weighted by Gasteiger charge is 2.31. The molecule has 5 aromatic rings. The number of hydrogen-bond acceptors (Lipinski definition) is 6. The molecule has 47 heavy (non-hydrogen) atoms. The number of thiazole rings is 1. The van der Waals surface area contributed by atoms with Crippen molar-refractivity contribution in [3.05, 3.63) is 118 Å². The fraction of sp³-hybridized carbons (Fsp3) is 0.206. The molecule has 0 saturated heterocycles. The number of alkyl halides is 6. The van der Waals surface area contributed by atoms with E-state index in [0.717, 1.165) is 50.9 Å². The van der Waals surface area contributed by atoms with Gasteiger partial charge >= 0.3 is 18.3 Å². The number of hydrogen-bond donors (Lipinski definition) is 1. The molecule has 3 aromatic carbocycles. The molecule has 0 radical (unpaired) electrons. The number of pyridine rings is 1. The molecule has 0 bridgehead atoms. The Kier molecular flexibility index (Phi) is 9.97. The Morgan fingerprint density at radius 2 is 1.49 bits per heavy atom. The number of aliphatic carboxylic acids is 1. The normalized spacial score (nSPS) is 12.6. The molecule has 2 heterocycles. The first kappa shape index (κ1) is 34.0. The molecule has 13 heteroatoms. The van der Waals surface area contributed by atoms with E-state index in [1.807, 2.05) is 25.1 Å². The summed E-state index contributed by atoms with van der Waals surface area (Å²) < 4.78 is 83.7. The highest BCUT2D eigenvalue weighted by molar-refractivity contribution is 7.99. The molecule has 244 valence electrons. The van der Waals surface area contributed by atoms with Crippen LogP contribution in [-0.4, -0.2) is 27.7 Å². The van der Waals surface area contributed by atoms with Crippen LogP contribution in [0.1, 0.15) is 38.1 Å². The molecule has 1 unspecified atom stereocenters. The van der Waals surface area contributed by atoms with Crippen molar-refractivity contribution in [3.63, 3.8) is 0 Å². The standard InChI is InChI=1S/C34H26F6N2O3S2/c1-19-15-26(12-14-28(19)45-18-30(43)44)46-29(31-20(2)42-32(47-31)23-6-10-25(11-7-23)34(38,39)40)16-21-3-13-27(41-17-21)22-4-8-24(9-5-22)33(35,36)37/h3-15,17,29H,16,18H2,1-2H3,(H,43,44). The third-order valence-electron chi connectivity index (χ3n) is 7.11. The van der Waals surface area contributed by atoms with Crippen molar-refractivity contribution in [2.24, 2.45) is 0 Å². The van der Waals surface area contributed by atoms with Crippen molar-refractivity contribution in [3.8, 4) is 27.6 Å². The van der Waals surface area contributed by atoms with Gasteiger partial charge in [-0.1, -0.05) is 30.3 Å². The summed E-state index contributed by atoms with van der Waals surface area (Å²) in [4.78, 5) is 21.9. The number of halogens is 6. The van der Waals surface area contributed by atoms with Gasteiger partial charge in [-0.2, -0.15) is 26.3 Å². The van der Waals surface area contributed by atoms with Crippen molar-refractivity contribution in [1.29, 1.82) is 0 Å². The van der Waals surface area contributed by atoms with Gasteiger partial charge in [0.2, 0.25) is 0 Å². The number of carboxylic acids is 1. The zero-order chi connectivity index (χ0) is 33.9. The van der Waals surface area contributed by atoms with Crippen molar-refractivity contribution in [2.45, 2.75) is 42.8 Å². The number of rotatable bonds is 10. The number of thioether (sulfide) groups is 1. The maximum Gasteiger partial charge on any atom is 0.416 e. The van der Waals surface area contributed by atoms with E-state index >= 15 is 0 Å². The van der Waals surface area contributed by atoms with Gasteiger partial charge in [-0.25, -0.2) is 9.78 Å². The first-order valence-electron chi connectivity index (χ1n) is 14.1. The van der Waals surface area contributed by atoms with Crippen molar-refractivity contribution in [2.75, 3.05) is 6.61 Å². The number of aryl methyl sites for hydroxylation is 2. The highest BCUT2D eigenvalue weighted by atomic mass is 32.2. The van der Waals surface area contributed by atoms with E-state index in [2.05, 4.69) is 9.97 Å². The monoisotopic (exact) mass is 688 g/mol. The van der Waals surface area contributed by atoms with Crippen LogP contribution >= 0.6 is 23.1 Å². The second-order valence-electron chi connectivity index (χ2n) is 10.6. The number of carbonyl (C=O) groups is 1. The van der Waals surface area contributed by atoms with Crippen LogP contribution in [0, 0.1) is 13.8 Å². The molecule has 1 atom stereocenters. The third kappa shape index (κ3) is 8.52. The smallest absolute Gasteiger partial charge is 0.416 e. The van der Waals surface area contributed by atoms with Crippen LogP contribution in [0.15, 0.2) is 90.0 Å². The van der Waals surface area contributed by atoms with Gasteiger partial charge in [0.05, 0.1) is 22.5 Å². The highest BCUT2D eigenvalue weighted by Crippen LogP contribution is 2.44. The van der Waals surface area contributed by atoms with Gasteiger partial charge in [0.25, 0.3) is 0 Å². The van der Waals surface area contributed by atoms with Crippen molar-refractivity contribution >= 4 is 29.1 Å². The van der Waals surface area contributed by atoms with Crippen molar-refractivity contribution < 1.29 is 41.0 Å². The van der Waals surface area contributed by atoms with E-state index in [1.54, 1.807) is 25.3 Å². The number of ether oxygens (including phenoxy) is 1. The maximum absolute atomic E-state index is 13.1. The lowest BCUT2D eigenvalue weighted by Gasteiger charge is -2.17. The van der Waals surface area contributed by atoms with Crippen LogP contribution in [0.25, 0.3) is 21.8 Å². The quantitative estimate of drug-likeness (QED) is 0.116. The molecule has 0 fully saturated rings. The zero-order valence-corrected chi connectivity index (χ0v) is 26.4. The molecular formula is C34H26F6N2O3S2. The van der Waals surface area contributed by atoms with E-state index in [-0.39, 0.29) is 5.25 Å². The molecule has 5 nitrogen and oxygen atoms in total. The van der Waals surface area contributed by atoms with Gasteiger partial charge in [-0.3, -0.25) is 4.98 Å². The zero-order valence-electron chi connectivity index (χ0n) is 24.8. The van der Waals surface area contributed by atoms with Crippen LogP contribution < -0.4 is 4.74 Å². The van der Waals surface area contributed by atoms with Gasteiger partial charge in [-0.05, 0) is 79.9 Å². The van der Waals surface area contributed by atoms with E-state index in [9.17, 15) is 31.1 Å². The summed E-state index contributed by atoms with van der Waals surface area (Å²) >= 11 is 2.91. The molecular weight excluding hydrogens is 663 g/mol. The lowest BCUT2D eigenvalue weighted by Crippen LogP contribution is -2.10. The van der Waals surface area contributed by atoms with E-state index < -0.39 is 36.1 Å². The summed E-state index contributed by atoms with van der Waals surface area (Å²) in [5.74, 6) is -0.652. The summed E-state index contributed by atoms with van der Waals surface area (Å²) in [5.41, 5.74) is 2.42. The Bertz CT molecular complexity index is 1850. The number of aromatic nitrogens is 2. The predicted molar refractivity (Wildman–Crippen MR) is 169 cm³/mol. The lowest BCUT2D eigenvalue weighted by molar-refractivity contribution is -0.139. The van der Waals surface area contributed by atoms with Gasteiger partial charge in [-0.15, -0.1) is 23.1 Å². The summed E-state index contributed by atoms with van der Waals surface area (Å²) in [6.07, 6.45) is -6.74. The number of nitrogens with zero attached hydrogens (tertiary/aromatic N) is 2. The van der Waals surface area contributed by atoms with Crippen LogP contribution in [0.2, 0.25) is 0 Å². The lowest BCUT2D eigenvalue weighted by atomic mass is 10.1. The number of carboxylic acid groups (broad SMARTS) is 1. The molecule has 5 rings (SSSR count). The molecule has 0 aliphatic heterocycles. The molecule has 0 saturated carbocycles. The van der Waals surface area contributed by atoms with Crippen LogP contribution in [0.3, 0.4) is 0 Å². The Morgan fingerprint density at radius 1 is 0.872 bits per heavy atom. The Labute approximate surface area is 274 Å². The summed E-state index contributed by atoms with van der Waals surface area (Å²) in [6, 6.07) is 18.6. The average molecular weight is 689 g/mol. The van der Waals surface area contributed by atoms with Gasteiger partial charge in [0, 0.05) is 32.3 Å². The Balaban J connectivity index is 1.43. The largest absolute Gasteiger partial charge is 0.482 e. The van der Waals surface area contributed by atoms with Crippen molar-refractivity contribution in [1.82, 2.24) is 9.97 Å². The maximum atomic E-state index is 13.1. The number of benzene rings is 3. The Morgan fingerprint density at radius 3 is 2.02 bits per heavy atom. The molecule has 0 aliphatic rings. The average Bonchev–Trinajstić information content (AvgIpc) is 3.41. The van der Waals surface area contributed by atoms with Crippen LogP contribution in [-0.2, 0) is 23.6 Å². The predicted octanol–water partition coefficient (Wildman–Crippen LogP) is 10.1. The molecule has 0 spiro atoms. The summed E-state index contributed by atoms with van der Waals surface area (Å²) in [6.45, 7) is 3.17. The summed E-state index contributed by atoms with van der Waals surface area (Å²) in [7, 11) is 0. The fourth-order valence-corrected chi connectivity index (χ4v) is 7.36. The van der Waals surface area contributed by atoms with Gasteiger partial charge in [0.15, 0.2) is 6.61 Å². The van der Waals surface area contributed by atoms with E-state index in [0.29, 0.717) is 34.0 Å². The minimum Gasteiger partial charge on any atom is -0.482 e. The third-order valence-corrected chi connectivity index (χ3v) is 9.80.